The van der Waals surface area contributed by atoms with E-state index in [0.717, 1.165) is 5.75 Å². The maximum absolute atomic E-state index is 12.3. The van der Waals surface area contributed by atoms with Crippen molar-refractivity contribution in [3.05, 3.63) is 53.1 Å². The molecule has 5 nitrogen and oxygen atoms in total. The van der Waals surface area contributed by atoms with E-state index in [2.05, 4.69) is 17.1 Å². The minimum atomic E-state index is -0.0839. The van der Waals surface area contributed by atoms with Crippen molar-refractivity contribution in [2.75, 3.05) is 33.1 Å². The fraction of sp³-hybridized carbons (Fsp3) is 0.350. The molecule has 0 radical (unpaired) electrons. The maximum Gasteiger partial charge on any atom is 0.225 e. The number of nitrogens with zero attached hydrogens (tertiary/aromatic N) is 1. The monoisotopic (exact) mass is 376 g/mol. The molecule has 0 spiro atoms. The zero-order valence-electron chi connectivity index (χ0n) is 15.6. The second kappa shape index (κ2) is 9.46. The summed E-state index contributed by atoms with van der Waals surface area (Å²) in [7, 11) is 5.21. The van der Waals surface area contributed by atoms with Gasteiger partial charge in [0.25, 0.3) is 0 Å². The maximum atomic E-state index is 12.3. The average molecular weight is 377 g/mol. The third-order valence-electron chi connectivity index (χ3n) is 4.39. The van der Waals surface area contributed by atoms with Gasteiger partial charge in [-0.1, -0.05) is 23.7 Å². The first kappa shape index (κ1) is 20.1. The first-order valence-corrected chi connectivity index (χ1v) is 8.80. The van der Waals surface area contributed by atoms with Crippen LogP contribution in [0, 0.1) is 0 Å². The number of hydrogen-bond donors (Lipinski definition) is 1. The summed E-state index contributed by atoms with van der Waals surface area (Å²) in [5.41, 5.74) is 1.75. The predicted octanol–water partition coefficient (Wildman–Crippen LogP) is 4.38. The van der Waals surface area contributed by atoms with E-state index in [9.17, 15) is 4.79 Å². The average Bonchev–Trinajstić information content (AvgIpc) is 2.65. The first-order chi connectivity index (χ1) is 12.4. The molecule has 0 aromatic heterocycles. The molecular weight excluding hydrogens is 352 g/mol. The Bertz CT molecular complexity index is 734. The van der Waals surface area contributed by atoms with Crippen LogP contribution in [0.4, 0.5) is 5.69 Å². The van der Waals surface area contributed by atoms with Gasteiger partial charge in [0, 0.05) is 24.0 Å². The van der Waals surface area contributed by atoms with Crippen LogP contribution in [-0.2, 0) is 4.79 Å². The lowest BCUT2D eigenvalue weighted by Crippen LogP contribution is -2.27. The molecule has 0 aliphatic carbocycles. The van der Waals surface area contributed by atoms with E-state index >= 15 is 0 Å². The topological polar surface area (TPSA) is 50.8 Å². The Labute approximate surface area is 159 Å². The van der Waals surface area contributed by atoms with Gasteiger partial charge >= 0.3 is 0 Å². The molecule has 0 saturated carbocycles. The number of ether oxygens (including phenoxy) is 2. The van der Waals surface area contributed by atoms with Gasteiger partial charge in [0.05, 0.1) is 19.9 Å². The molecule has 1 atom stereocenters. The van der Waals surface area contributed by atoms with Gasteiger partial charge in [-0.05, 0) is 49.9 Å². The smallest absolute Gasteiger partial charge is 0.225 e. The van der Waals surface area contributed by atoms with Gasteiger partial charge in [0.15, 0.2) is 0 Å². The van der Waals surface area contributed by atoms with Gasteiger partial charge in [-0.2, -0.15) is 0 Å². The van der Waals surface area contributed by atoms with Crippen molar-refractivity contribution >= 4 is 23.2 Å². The number of carbonyl (C=O) groups is 1. The molecule has 0 fully saturated rings. The van der Waals surface area contributed by atoms with Crippen molar-refractivity contribution < 1.29 is 14.3 Å². The first-order valence-electron chi connectivity index (χ1n) is 8.42. The van der Waals surface area contributed by atoms with Crippen LogP contribution in [0.25, 0.3) is 0 Å². The zero-order chi connectivity index (χ0) is 19.1. The third kappa shape index (κ3) is 5.38. The van der Waals surface area contributed by atoms with Crippen LogP contribution in [0.3, 0.4) is 0 Å². The Hall–Kier alpha value is -2.24. The molecule has 6 heteroatoms. The Kier molecular flexibility index (Phi) is 7.30. The van der Waals surface area contributed by atoms with Gasteiger partial charge in [0.2, 0.25) is 5.91 Å². The minimum Gasteiger partial charge on any atom is -0.497 e. The number of anilines is 1. The molecular formula is C20H25ClN2O3. The van der Waals surface area contributed by atoms with Crippen LogP contribution in [-0.4, -0.2) is 38.6 Å². The molecule has 2 rings (SSSR count). The third-order valence-corrected chi connectivity index (χ3v) is 4.62. The molecule has 0 bridgehead atoms. The predicted molar refractivity (Wildman–Crippen MR) is 105 cm³/mol. The molecule has 0 aliphatic heterocycles. The number of rotatable bonds is 8. The number of nitrogens with one attached hydrogen (secondary N) is 1. The van der Waals surface area contributed by atoms with E-state index in [1.54, 1.807) is 32.4 Å². The van der Waals surface area contributed by atoms with E-state index < -0.39 is 0 Å². The summed E-state index contributed by atoms with van der Waals surface area (Å²) < 4.78 is 10.4. The molecule has 1 unspecified atom stereocenters. The standard InChI is InChI=1S/C20H25ClN2O3/c1-14(15-5-8-17(25-3)9-6-15)23(2)12-11-20(24)22-18-13-16(21)7-10-19(18)26-4/h5-10,13-14H,11-12H2,1-4H3,(H,22,24). The lowest BCUT2D eigenvalue weighted by atomic mass is 10.1. The van der Waals surface area contributed by atoms with Crippen molar-refractivity contribution in [3.63, 3.8) is 0 Å². The largest absolute Gasteiger partial charge is 0.497 e. The van der Waals surface area contributed by atoms with Crippen molar-refractivity contribution in [3.8, 4) is 11.5 Å². The molecule has 140 valence electrons. The highest BCUT2D eigenvalue weighted by Gasteiger charge is 2.14. The van der Waals surface area contributed by atoms with E-state index in [-0.39, 0.29) is 11.9 Å². The Morgan fingerprint density at radius 1 is 1.15 bits per heavy atom. The number of carbonyl (C=O) groups excluding carboxylic acids is 1. The molecule has 1 amide bonds. The van der Waals surface area contributed by atoms with E-state index in [1.165, 1.54) is 5.56 Å². The summed E-state index contributed by atoms with van der Waals surface area (Å²) in [4.78, 5) is 14.4. The van der Waals surface area contributed by atoms with E-state index in [0.29, 0.717) is 29.4 Å². The normalized spacial score (nSPS) is 11.9. The highest BCUT2D eigenvalue weighted by molar-refractivity contribution is 6.31. The van der Waals surface area contributed by atoms with Gasteiger partial charge in [-0.15, -0.1) is 0 Å². The number of halogens is 1. The highest BCUT2D eigenvalue weighted by Crippen LogP contribution is 2.28. The van der Waals surface area contributed by atoms with Crippen LogP contribution in [0.5, 0.6) is 11.5 Å². The summed E-state index contributed by atoms with van der Waals surface area (Å²) in [5, 5.41) is 3.41. The number of methoxy groups -OCH3 is 2. The van der Waals surface area contributed by atoms with Crippen molar-refractivity contribution in [1.29, 1.82) is 0 Å². The summed E-state index contributed by atoms with van der Waals surface area (Å²) in [6.07, 6.45) is 0.368. The van der Waals surface area contributed by atoms with Crippen LogP contribution >= 0.6 is 11.6 Å². The lowest BCUT2D eigenvalue weighted by Gasteiger charge is -2.25. The van der Waals surface area contributed by atoms with Crippen molar-refractivity contribution in [2.45, 2.75) is 19.4 Å². The molecule has 0 saturated heterocycles. The van der Waals surface area contributed by atoms with Crippen molar-refractivity contribution in [2.24, 2.45) is 0 Å². The Morgan fingerprint density at radius 3 is 2.46 bits per heavy atom. The Balaban J connectivity index is 1.90. The summed E-state index contributed by atoms with van der Waals surface area (Å²) in [6.45, 7) is 2.74. The van der Waals surface area contributed by atoms with Gasteiger partial charge < -0.3 is 14.8 Å². The lowest BCUT2D eigenvalue weighted by molar-refractivity contribution is -0.116. The van der Waals surface area contributed by atoms with Crippen LogP contribution in [0.1, 0.15) is 24.9 Å². The number of hydrogen-bond acceptors (Lipinski definition) is 4. The SMILES string of the molecule is COc1ccc(C(C)N(C)CCC(=O)Nc2cc(Cl)ccc2OC)cc1. The molecule has 1 N–H and O–H groups in total. The summed E-state index contributed by atoms with van der Waals surface area (Å²) in [6, 6.07) is 13.3. The zero-order valence-corrected chi connectivity index (χ0v) is 16.3. The Morgan fingerprint density at radius 2 is 1.85 bits per heavy atom. The van der Waals surface area contributed by atoms with Gasteiger partial charge in [-0.25, -0.2) is 0 Å². The quantitative estimate of drug-likeness (QED) is 0.742. The molecule has 0 aliphatic rings. The fourth-order valence-electron chi connectivity index (χ4n) is 2.60. The number of amides is 1. The highest BCUT2D eigenvalue weighted by atomic mass is 35.5. The fourth-order valence-corrected chi connectivity index (χ4v) is 2.77. The second-order valence-corrected chi connectivity index (χ2v) is 6.51. The van der Waals surface area contributed by atoms with Crippen LogP contribution in [0.2, 0.25) is 5.02 Å². The molecule has 2 aromatic rings. The summed E-state index contributed by atoms with van der Waals surface area (Å²) >= 11 is 5.99. The van der Waals surface area contributed by atoms with Gasteiger partial charge in [-0.3, -0.25) is 9.69 Å². The number of benzene rings is 2. The van der Waals surface area contributed by atoms with Crippen LogP contribution < -0.4 is 14.8 Å². The molecule has 26 heavy (non-hydrogen) atoms. The van der Waals surface area contributed by atoms with Crippen molar-refractivity contribution in [1.82, 2.24) is 4.90 Å². The van der Waals surface area contributed by atoms with Gasteiger partial charge in [0.1, 0.15) is 11.5 Å². The van der Waals surface area contributed by atoms with Crippen LogP contribution in [0.15, 0.2) is 42.5 Å². The minimum absolute atomic E-state index is 0.0839. The molecule has 0 heterocycles. The van der Waals surface area contributed by atoms with E-state index in [1.807, 2.05) is 31.3 Å². The molecule has 2 aromatic carbocycles. The van der Waals surface area contributed by atoms with E-state index in [4.69, 9.17) is 21.1 Å². The summed E-state index contributed by atoms with van der Waals surface area (Å²) in [5.74, 6) is 1.33. The second-order valence-electron chi connectivity index (χ2n) is 6.07.